The van der Waals surface area contributed by atoms with E-state index in [-0.39, 0.29) is 0 Å². The molecule has 2 nitrogen and oxygen atoms in total. The molecule has 2 rings (SSSR count). The summed E-state index contributed by atoms with van der Waals surface area (Å²) in [5.41, 5.74) is 1.44. The summed E-state index contributed by atoms with van der Waals surface area (Å²) in [7, 11) is 2.14. The molecule has 2 aliphatic rings. The second-order valence-electron chi connectivity index (χ2n) is 4.04. The number of likely N-dealkylation sites (N-methyl/N-ethyl adjacent to an activating group) is 1. The van der Waals surface area contributed by atoms with Gasteiger partial charge in [0.05, 0.1) is 0 Å². The lowest BCUT2D eigenvalue weighted by molar-refractivity contribution is 0.395. The van der Waals surface area contributed by atoms with Gasteiger partial charge in [0.1, 0.15) is 0 Å². The van der Waals surface area contributed by atoms with Crippen LogP contribution in [0.4, 0.5) is 0 Å². The number of rotatable bonds is 1. The van der Waals surface area contributed by atoms with Crippen LogP contribution in [0.3, 0.4) is 0 Å². The van der Waals surface area contributed by atoms with Gasteiger partial charge in [-0.1, -0.05) is 12.2 Å². The predicted octanol–water partition coefficient (Wildman–Crippen LogP) is 1.51. The highest BCUT2D eigenvalue weighted by molar-refractivity contribution is 5.29. The molecular weight excluding hydrogens is 160 g/mol. The van der Waals surface area contributed by atoms with Crippen LogP contribution in [0.15, 0.2) is 23.9 Å². The minimum Gasteiger partial charge on any atom is -0.374 e. The van der Waals surface area contributed by atoms with Crippen LogP contribution < -0.4 is 5.32 Å². The fraction of sp³-hybridized carbons (Fsp3) is 0.636. The lowest BCUT2D eigenvalue weighted by Gasteiger charge is -2.27. The molecule has 0 aromatic carbocycles. The van der Waals surface area contributed by atoms with E-state index in [2.05, 4.69) is 42.5 Å². The maximum atomic E-state index is 3.52. The molecule has 0 aliphatic carbocycles. The third-order valence-electron chi connectivity index (χ3n) is 3.02. The van der Waals surface area contributed by atoms with Crippen LogP contribution in [0.5, 0.6) is 0 Å². The largest absolute Gasteiger partial charge is 0.374 e. The van der Waals surface area contributed by atoms with E-state index in [9.17, 15) is 0 Å². The van der Waals surface area contributed by atoms with Crippen LogP contribution in [0.1, 0.15) is 19.8 Å². The molecule has 1 fully saturated rings. The van der Waals surface area contributed by atoms with Gasteiger partial charge in [0.2, 0.25) is 0 Å². The van der Waals surface area contributed by atoms with Crippen molar-refractivity contribution in [1.82, 2.24) is 10.2 Å². The Morgan fingerprint density at radius 2 is 2.38 bits per heavy atom. The van der Waals surface area contributed by atoms with Gasteiger partial charge in [-0.3, -0.25) is 0 Å². The molecule has 2 atom stereocenters. The Bertz CT molecular complexity index is 236. The van der Waals surface area contributed by atoms with Crippen LogP contribution >= 0.6 is 0 Å². The van der Waals surface area contributed by atoms with Crippen LogP contribution in [0.25, 0.3) is 0 Å². The third kappa shape index (κ3) is 1.78. The van der Waals surface area contributed by atoms with Crippen molar-refractivity contribution in [2.24, 2.45) is 0 Å². The molecule has 2 heteroatoms. The first-order chi connectivity index (χ1) is 6.27. The van der Waals surface area contributed by atoms with Gasteiger partial charge in [0.25, 0.3) is 0 Å². The standard InChI is InChI=1S/C11H18N2/c1-9-5-6-10(8-13(9)2)11-4-3-7-12-11/h5-6,8-9,11-12H,3-4,7H2,1-2H3. The van der Waals surface area contributed by atoms with Gasteiger partial charge < -0.3 is 10.2 Å². The van der Waals surface area contributed by atoms with Crippen molar-refractivity contribution in [3.63, 3.8) is 0 Å². The van der Waals surface area contributed by atoms with Crippen molar-refractivity contribution in [3.8, 4) is 0 Å². The summed E-state index contributed by atoms with van der Waals surface area (Å²) in [4.78, 5) is 2.27. The highest BCUT2D eigenvalue weighted by Crippen LogP contribution is 2.20. The van der Waals surface area contributed by atoms with Gasteiger partial charge in [-0.05, 0) is 31.9 Å². The highest BCUT2D eigenvalue weighted by Gasteiger charge is 2.19. The number of nitrogens with one attached hydrogen (secondary N) is 1. The van der Waals surface area contributed by atoms with E-state index in [1.807, 2.05) is 0 Å². The molecule has 2 unspecified atom stereocenters. The zero-order chi connectivity index (χ0) is 9.26. The molecule has 0 spiro atoms. The van der Waals surface area contributed by atoms with Crippen LogP contribution in [0, 0.1) is 0 Å². The normalized spacial score (nSPS) is 33.7. The predicted molar refractivity (Wildman–Crippen MR) is 55.5 cm³/mol. The molecule has 0 aromatic heterocycles. The summed E-state index contributed by atoms with van der Waals surface area (Å²) in [6.07, 6.45) is 9.42. The van der Waals surface area contributed by atoms with E-state index in [4.69, 9.17) is 0 Å². The number of hydrogen-bond acceptors (Lipinski definition) is 2. The molecule has 0 saturated carbocycles. The summed E-state index contributed by atoms with van der Waals surface area (Å²) in [5.74, 6) is 0. The zero-order valence-electron chi connectivity index (χ0n) is 8.46. The van der Waals surface area contributed by atoms with Gasteiger partial charge in [-0.2, -0.15) is 0 Å². The fourth-order valence-corrected chi connectivity index (χ4v) is 1.96. The van der Waals surface area contributed by atoms with Gasteiger partial charge in [0, 0.05) is 25.3 Å². The van der Waals surface area contributed by atoms with E-state index in [0.29, 0.717) is 12.1 Å². The topological polar surface area (TPSA) is 15.3 Å². The lowest BCUT2D eigenvalue weighted by atomic mass is 10.0. The minimum atomic E-state index is 0.546. The van der Waals surface area contributed by atoms with E-state index >= 15 is 0 Å². The monoisotopic (exact) mass is 178 g/mol. The molecule has 0 radical (unpaired) electrons. The minimum absolute atomic E-state index is 0.546. The first kappa shape index (κ1) is 8.82. The number of hydrogen-bond donors (Lipinski definition) is 1. The maximum Gasteiger partial charge on any atom is 0.0439 e. The molecule has 2 aliphatic heterocycles. The summed E-state index contributed by atoms with van der Waals surface area (Å²) in [5, 5.41) is 3.52. The summed E-state index contributed by atoms with van der Waals surface area (Å²) >= 11 is 0. The lowest BCUT2D eigenvalue weighted by Crippen LogP contribution is -2.30. The average molecular weight is 178 g/mol. The zero-order valence-corrected chi connectivity index (χ0v) is 8.46. The van der Waals surface area contributed by atoms with Crippen molar-refractivity contribution < 1.29 is 0 Å². The smallest absolute Gasteiger partial charge is 0.0439 e. The SMILES string of the molecule is CC1C=CC(C2CCCN2)=CN1C. The Morgan fingerprint density at radius 3 is 3.00 bits per heavy atom. The van der Waals surface area contributed by atoms with Crippen molar-refractivity contribution in [1.29, 1.82) is 0 Å². The Morgan fingerprint density at radius 1 is 1.54 bits per heavy atom. The Balaban J connectivity index is 2.07. The van der Waals surface area contributed by atoms with Crippen LogP contribution in [-0.2, 0) is 0 Å². The van der Waals surface area contributed by atoms with Crippen molar-refractivity contribution in [2.45, 2.75) is 31.8 Å². The Kier molecular flexibility index (Phi) is 2.40. The first-order valence-electron chi connectivity index (χ1n) is 5.12. The molecule has 0 bridgehead atoms. The van der Waals surface area contributed by atoms with E-state index in [1.165, 1.54) is 25.0 Å². The van der Waals surface area contributed by atoms with E-state index in [0.717, 1.165) is 0 Å². The van der Waals surface area contributed by atoms with E-state index in [1.54, 1.807) is 0 Å². The number of nitrogens with zero attached hydrogens (tertiary/aromatic N) is 1. The van der Waals surface area contributed by atoms with Crippen molar-refractivity contribution >= 4 is 0 Å². The van der Waals surface area contributed by atoms with Gasteiger partial charge in [-0.15, -0.1) is 0 Å². The van der Waals surface area contributed by atoms with E-state index < -0.39 is 0 Å². The van der Waals surface area contributed by atoms with Gasteiger partial charge >= 0.3 is 0 Å². The quantitative estimate of drug-likeness (QED) is 0.655. The van der Waals surface area contributed by atoms with Crippen molar-refractivity contribution in [2.75, 3.05) is 13.6 Å². The molecular formula is C11H18N2. The van der Waals surface area contributed by atoms with Crippen LogP contribution in [-0.4, -0.2) is 30.6 Å². The molecule has 0 amide bonds. The third-order valence-corrected chi connectivity index (χ3v) is 3.02. The second-order valence-corrected chi connectivity index (χ2v) is 4.04. The average Bonchev–Trinajstić information content (AvgIpc) is 2.62. The second kappa shape index (κ2) is 3.54. The first-order valence-corrected chi connectivity index (χ1v) is 5.12. The Hall–Kier alpha value is -0.760. The molecule has 13 heavy (non-hydrogen) atoms. The molecule has 2 heterocycles. The molecule has 1 saturated heterocycles. The molecule has 72 valence electrons. The fourth-order valence-electron chi connectivity index (χ4n) is 1.96. The van der Waals surface area contributed by atoms with Crippen LogP contribution in [0.2, 0.25) is 0 Å². The Labute approximate surface area is 80.3 Å². The molecule has 1 N–H and O–H groups in total. The maximum absolute atomic E-state index is 3.52. The van der Waals surface area contributed by atoms with Gasteiger partial charge in [-0.25, -0.2) is 0 Å². The summed E-state index contributed by atoms with van der Waals surface area (Å²) in [6, 6.07) is 1.15. The molecule has 0 aromatic rings. The summed E-state index contributed by atoms with van der Waals surface area (Å²) < 4.78 is 0. The van der Waals surface area contributed by atoms with Gasteiger partial charge in [0.15, 0.2) is 0 Å². The van der Waals surface area contributed by atoms with Crippen molar-refractivity contribution in [3.05, 3.63) is 23.9 Å². The highest BCUT2D eigenvalue weighted by atomic mass is 15.1. The summed E-state index contributed by atoms with van der Waals surface area (Å²) in [6.45, 7) is 3.39.